The standard InChI is InChI=1S/C9H18N2O2.C2H6/c1-8(12)9-2-4-11(5-3-9)7-13-6-10;1-2/h9H,2-7,10H2,1H3;1-2H3. The lowest BCUT2D eigenvalue weighted by molar-refractivity contribution is -0.122. The van der Waals surface area contributed by atoms with Gasteiger partial charge in [0.1, 0.15) is 12.5 Å². The van der Waals surface area contributed by atoms with Gasteiger partial charge in [-0.05, 0) is 19.8 Å². The van der Waals surface area contributed by atoms with E-state index in [1.54, 1.807) is 6.92 Å². The maximum Gasteiger partial charge on any atom is 0.133 e. The molecule has 0 aromatic heterocycles. The summed E-state index contributed by atoms with van der Waals surface area (Å²) in [4.78, 5) is 13.2. The van der Waals surface area contributed by atoms with Crippen molar-refractivity contribution in [3.8, 4) is 0 Å². The van der Waals surface area contributed by atoms with E-state index in [0.29, 0.717) is 12.5 Å². The predicted molar refractivity (Wildman–Crippen MR) is 61.3 cm³/mol. The molecule has 1 aliphatic rings. The van der Waals surface area contributed by atoms with Gasteiger partial charge in [-0.25, -0.2) is 0 Å². The maximum atomic E-state index is 11.0. The molecule has 1 aliphatic heterocycles. The van der Waals surface area contributed by atoms with E-state index in [1.165, 1.54) is 0 Å². The molecule has 1 saturated heterocycles. The number of carbonyl (C=O) groups excluding carboxylic acids is 1. The third kappa shape index (κ3) is 5.87. The first-order chi connectivity index (χ1) is 7.24. The summed E-state index contributed by atoms with van der Waals surface area (Å²) in [5.41, 5.74) is 5.22. The van der Waals surface area contributed by atoms with Crippen molar-refractivity contribution >= 4 is 5.78 Å². The van der Waals surface area contributed by atoms with Gasteiger partial charge in [-0.1, -0.05) is 13.8 Å². The molecule has 90 valence electrons. The summed E-state index contributed by atoms with van der Waals surface area (Å²) in [5.74, 6) is 0.591. The molecule has 15 heavy (non-hydrogen) atoms. The van der Waals surface area contributed by atoms with Gasteiger partial charge >= 0.3 is 0 Å². The van der Waals surface area contributed by atoms with E-state index in [-0.39, 0.29) is 12.6 Å². The van der Waals surface area contributed by atoms with E-state index in [9.17, 15) is 4.79 Å². The average Bonchev–Trinajstić information content (AvgIpc) is 2.29. The topological polar surface area (TPSA) is 55.6 Å². The molecular weight excluding hydrogens is 192 g/mol. The fourth-order valence-electron chi connectivity index (χ4n) is 1.65. The molecule has 0 amide bonds. The van der Waals surface area contributed by atoms with Crippen LogP contribution in [0.4, 0.5) is 0 Å². The number of Topliss-reactive ketones (excluding diaryl/α,β-unsaturated/α-hetero) is 1. The van der Waals surface area contributed by atoms with E-state index in [0.717, 1.165) is 25.9 Å². The molecule has 0 aromatic carbocycles. The van der Waals surface area contributed by atoms with Gasteiger partial charge in [-0.2, -0.15) is 0 Å². The third-order valence-corrected chi connectivity index (χ3v) is 2.55. The summed E-state index contributed by atoms with van der Waals surface area (Å²) in [7, 11) is 0. The number of piperidine rings is 1. The lowest BCUT2D eigenvalue weighted by Gasteiger charge is -2.30. The number of nitrogens with zero attached hydrogens (tertiary/aromatic N) is 1. The highest BCUT2D eigenvalue weighted by molar-refractivity contribution is 5.78. The van der Waals surface area contributed by atoms with Gasteiger partial charge < -0.3 is 10.5 Å². The summed E-state index contributed by atoms with van der Waals surface area (Å²) in [5, 5.41) is 0. The number of rotatable bonds is 4. The molecular formula is C11H24N2O2. The lowest BCUT2D eigenvalue weighted by Crippen LogP contribution is -2.37. The first-order valence-electron chi connectivity index (χ1n) is 5.74. The first-order valence-corrected chi connectivity index (χ1v) is 5.74. The van der Waals surface area contributed by atoms with Crippen molar-refractivity contribution in [3.05, 3.63) is 0 Å². The number of carbonyl (C=O) groups is 1. The van der Waals surface area contributed by atoms with Crippen LogP contribution in [0, 0.1) is 5.92 Å². The molecule has 1 heterocycles. The lowest BCUT2D eigenvalue weighted by atomic mass is 9.94. The Hall–Kier alpha value is -0.450. The van der Waals surface area contributed by atoms with Gasteiger partial charge in [-0.15, -0.1) is 0 Å². The summed E-state index contributed by atoms with van der Waals surface area (Å²) in [6.07, 6.45) is 1.92. The molecule has 0 bridgehead atoms. The van der Waals surface area contributed by atoms with E-state index >= 15 is 0 Å². The van der Waals surface area contributed by atoms with Gasteiger partial charge in [-0.3, -0.25) is 9.69 Å². The van der Waals surface area contributed by atoms with Gasteiger partial charge in [0, 0.05) is 19.0 Å². The van der Waals surface area contributed by atoms with Crippen LogP contribution in [-0.2, 0) is 9.53 Å². The van der Waals surface area contributed by atoms with Crippen molar-refractivity contribution in [2.24, 2.45) is 11.7 Å². The minimum absolute atomic E-state index is 0.270. The summed E-state index contributed by atoms with van der Waals surface area (Å²) < 4.78 is 5.09. The molecule has 0 spiro atoms. The zero-order valence-electron chi connectivity index (χ0n) is 10.2. The zero-order valence-corrected chi connectivity index (χ0v) is 10.2. The van der Waals surface area contributed by atoms with Gasteiger partial charge in [0.05, 0.1) is 6.73 Å². The molecule has 0 radical (unpaired) electrons. The predicted octanol–water partition coefficient (Wildman–Crippen LogP) is 1.20. The highest BCUT2D eigenvalue weighted by atomic mass is 16.5. The van der Waals surface area contributed by atoms with Crippen LogP contribution < -0.4 is 5.73 Å². The molecule has 0 saturated carbocycles. The largest absolute Gasteiger partial charge is 0.351 e. The maximum absolute atomic E-state index is 11.0. The Kier molecular flexibility index (Phi) is 8.56. The Morgan fingerprint density at radius 2 is 1.93 bits per heavy atom. The van der Waals surface area contributed by atoms with Crippen LogP contribution >= 0.6 is 0 Å². The fourth-order valence-corrected chi connectivity index (χ4v) is 1.65. The third-order valence-electron chi connectivity index (χ3n) is 2.55. The number of ether oxygens (including phenoxy) is 1. The van der Waals surface area contributed by atoms with Gasteiger partial charge in [0.25, 0.3) is 0 Å². The van der Waals surface area contributed by atoms with E-state index < -0.39 is 0 Å². The smallest absolute Gasteiger partial charge is 0.133 e. The number of hydrogen-bond acceptors (Lipinski definition) is 4. The Labute approximate surface area is 92.8 Å². The molecule has 1 rings (SSSR count). The molecule has 1 fully saturated rings. The van der Waals surface area contributed by atoms with Crippen molar-refractivity contribution in [3.63, 3.8) is 0 Å². The quantitative estimate of drug-likeness (QED) is 0.718. The monoisotopic (exact) mass is 216 g/mol. The zero-order chi connectivity index (χ0) is 11.7. The van der Waals surface area contributed by atoms with Crippen LogP contribution in [0.3, 0.4) is 0 Å². The van der Waals surface area contributed by atoms with Crippen molar-refractivity contribution in [1.29, 1.82) is 0 Å². The number of ketones is 1. The molecule has 0 atom stereocenters. The molecule has 2 N–H and O–H groups in total. The van der Waals surface area contributed by atoms with E-state index in [2.05, 4.69) is 4.90 Å². The number of hydrogen-bond donors (Lipinski definition) is 1. The SMILES string of the molecule is CC.CC(=O)C1CCN(COCN)CC1. The summed E-state index contributed by atoms with van der Waals surface area (Å²) in [6, 6.07) is 0. The molecule has 4 heteroatoms. The van der Waals surface area contributed by atoms with Crippen molar-refractivity contribution in [2.75, 3.05) is 26.6 Å². The normalized spacial score (nSPS) is 18.1. The first kappa shape index (κ1) is 14.6. The minimum atomic E-state index is 0.270. The Balaban J connectivity index is 0.000000921. The van der Waals surface area contributed by atoms with Crippen LogP contribution in [0.15, 0.2) is 0 Å². The van der Waals surface area contributed by atoms with E-state index in [1.807, 2.05) is 13.8 Å². The average molecular weight is 216 g/mol. The minimum Gasteiger partial charge on any atom is -0.351 e. The fraction of sp³-hybridized carbons (Fsp3) is 0.909. The van der Waals surface area contributed by atoms with Crippen molar-refractivity contribution in [2.45, 2.75) is 33.6 Å². The summed E-state index contributed by atoms with van der Waals surface area (Å²) in [6.45, 7) is 8.44. The molecule has 4 nitrogen and oxygen atoms in total. The van der Waals surface area contributed by atoms with Crippen LogP contribution in [0.5, 0.6) is 0 Å². The van der Waals surface area contributed by atoms with Crippen LogP contribution in [-0.4, -0.2) is 37.2 Å². The molecule has 0 aromatic rings. The number of likely N-dealkylation sites (tertiary alicyclic amines) is 1. The van der Waals surface area contributed by atoms with E-state index in [4.69, 9.17) is 10.5 Å². The Bertz CT molecular complexity index is 166. The highest BCUT2D eigenvalue weighted by Gasteiger charge is 2.21. The van der Waals surface area contributed by atoms with Crippen LogP contribution in [0.25, 0.3) is 0 Å². The Morgan fingerprint density at radius 1 is 1.40 bits per heavy atom. The summed E-state index contributed by atoms with van der Waals surface area (Å²) >= 11 is 0. The molecule has 0 aliphatic carbocycles. The van der Waals surface area contributed by atoms with Crippen LogP contribution in [0.2, 0.25) is 0 Å². The Morgan fingerprint density at radius 3 is 2.33 bits per heavy atom. The second-order valence-electron chi connectivity index (χ2n) is 3.50. The van der Waals surface area contributed by atoms with Crippen molar-refractivity contribution < 1.29 is 9.53 Å². The van der Waals surface area contributed by atoms with Gasteiger partial charge in [0.2, 0.25) is 0 Å². The van der Waals surface area contributed by atoms with Crippen LogP contribution in [0.1, 0.15) is 33.6 Å². The van der Waals surface area contributed by atoms with Gasteiger partial charge in [0.15, 0.2) is 0 Å². The second-order valence-corrected chi connectivity index (χ2v) is 3.50. The number of nitrogens with two attached hydrogens (primary N) is 1. The second kappa shape index (κ2) is 8.83. The highest BCUT2D eigenvalue weighted by Crippen LogP contribution is 2.17. The molecule has 0 unspecified atom stereocenters. The van der Waals surface area contributed by atoms with Crippen molar-refractivity contribution in [1.82, 2.24) is 4.90 Å².